The first-order valence-corrected chi connectivity index (χ1v) is 7.57. The maximum Gasteiger partial charge on any atom is 0.573 e. The first-order chi connectivity index (χ1) is 11.2. The number of benzene rings is 2. The minimum absolute atomic E-state index is 0. The van der Waals surface area contributed by atoms with Gasteiger partial charge in [0.15, 0.2) is 11.5 Å². The molecule has 0 fully saturated rings. The van der Waals surface area contributed by atoms with Crippen molar-refractivity contribution in [3.63, 3.8) is 0 Å². The second-order valence-corrected chi connectivity index (χ2v) is 5.68. The van der Waals surface area contributed by atoms with Crippen molar-refractivity contribution in [2.24, 2.45) is 5.73 Å². The molecule has 2 rings (SSSR count). The van der Waals surface area contributed by atoms with E-state index < -0.39 is 12.4 Å². The van der Waals surface area contributed by atoms with Crippen LogP contribution in [0, 0.1) is 0 Å². The van der Waals surface area contributed by atoms with Crippen LogP contribution in [0.2, 0.25) is 0 Å². The monoisotopic (exact) mass is 441 g/mol. The fourth-order valence-electron chi connectivity index (χ4n) is 2.16. The van der Waals surface area contributed by atoms with Crippen LogP contribution >= 0.6 is 28.3 Å². The molecule has 0 saturated heterocycles. The molecule has 0 heterocycles. The lowest BCUT2D eigenvalue weighted by Gasteiger charge is -2.18. The van der Waals surface area contributed by atoms with Crippen molar-refractivity contribution in [2.75, 3.05) is 14.2 Å². The fraction of sp³-hybridized carbons (Fsp3) is 0.250. The highest BCUT2D eigenvalue weighted by Gasteiger charge is 2.31. The summed E-state index contributed by atoms with van der Waals surface area (Å²) in [5.41, 5.74) is 7.55. The van der Waals surface area contributed by atoms with E-state index >= 15 is 0 Å². The Balaban J connectivity index is 0.00000312. The average molecular weight is 443 g/mol. The molecule has 138 valence electrons. The lowest BCUT2D eigenvalue weighted by Crippen LogP contribution is -2.17. The molecule has 25 heavy (non-hydrogen) atoms. The van der Waals surface area contributed by atoms with E-state index in [4.69, 9.17) is 15.2 Å². The summed E-state index contributed by atoms with van der Waals surface area (Å²) >= 11 is 3.41. The summed E-state index contributed by atoms with van der Waals surface area (Å²) in [6.07, 6.45) is -4.73. The van der Waals surface area contributed by atoms with Gasteiger partial charge in [-0.05, 0) is 35.4 Å². The van der Waals surface area contributed by atoms with E-state index in [0.717, 1.165) is 0 Å². The van der Waals surface area contributed by atoms with E-state index in [2.05, 4.69) is 20.7 Å². The number of halogens is 5. The van der Waals surface area contributed by atoms with Crippen LogP contribution in [-0.2, 0) is 0 Å². The Labute approximate surface area is 157 Å². The van der Waals surface area contributed by atoms with Gasteiger partial charge in [0.05, 0.1) is 20.3 Å². The first-order valence-electron chi connectivity index (χ1n) is 6.78. The number of methoxy groups -OCH3 is 2. The Morgan fingerprint density at radius 1 is 1.00 bits per heavy atom. The number of hydrogen-bond acceptors (Lipinski definition) is 4. The van der Waals surface area contributed by atoms with Crippen LogP contribution in [0.5, 0.6) is 17.2 Å². The summed E-state index contributed by atoms with van der Waals surface area (Å²) in [5.74, 6) is 0.738. The predicted molar refractivity (Wildman–Crippen MR) is 93.6 cm³/mol. The second-order valence-electron chi connectivity index (χ2n) is 4.82. The summed E-state index contributed by atoms with van der Waals surface area (Å²) in [5, 5.41) is 0. The van der Waals surface area contributed by atoms with Crippen molar-refractivity contribution in [1.29, 1.82) is 0 Å². The van der Waals surface area contributed by atoms with Crippen molar-refractivity contribution in [3.05, 3.63) is 52.0 Å². The molecule has 0 bridgehead atoms. The van der Waals surface area contributed by atoms with Gasteiger partial charge in [-0.25, -0.2) is 0 Å². The van der Waals surface area contributed by atoms with Crippen LogP contribution in [0.1, 0.15) is 17.2 Å². The third kappa shape index (κ3) is 5.42. The number of ether oxygens (including phenoxy) is 3. The number of hydrogen-bond donors (Lipinski definition) is 1. The van der Waals surface area contributed by atoms with Crippen LogP contribution in [0.4, 0.5) is 13.2 Å². The van der Waals surface area contributed by atoms with E-state index in [-0.39, 0.29) is 18.2 Å². The molecule has 0 saturated carbocycles. The van der Waals surface area contributed by atoms with Gasteiger partial charge in [0.25, 0.3) is 0 Å². The highest BCUT2D eigenvalue weighted by Crippen LogP contribution is 2.37. The Hall–Kier alpha value is -1.64. The first kappa shape index (κ1) is 21.4. The Kier molecular flexibility index (Phi) is 7.40. The van der Waals surface area contributed by atoms with Crippen molar-refractivity contribution < 1.29 is 27.4 Å². The molecule has 2 N–H and O–H groups in total. The molecule has 9 heteroatoms. The molecular formula is C16H16BrClF3NO3. The molecule has 0 spiro atoms. The summed E-state index contributed by atoms with van der Waals surface area (Å²) in [6, 6.07) is 8.26. The number of alkyl halides is 3. The Bertz CT molecular complexity index is 711. The molecule has 0 aliphatic heterocycles. The molecule has 0 aromatic heterocycles. The van der Waals surface area contributed by atoms with Crippen LogP contribution in [0.25, 0.3) is 0 Å². The van der Waals surface area contributed by atoms with Gasteiger partial charge < -0.3 is 19.9 Å². The smallest absolute Gasteiger partial charge is 0.493 e. The molecule has 2 aromatic carbocycles. The zero-order valence-corrected chi connectivity index (χ0v) is 15.7. The standard InChI is InChI=1S/C16H15BrF3NO3.ClH/c1-22-13-7-11(12(17)8-14(13)23-2)15(21)9-3-5-10(6-4-9)24-16(18,19)20;/h3-8,15H,21H2,1-2H3;1H/t15-;/m0./s1. The molecule has 2 aromatic rings. The molecule has 1 atom stereocenters. The van der Waals surface area contributed by atoms with Gasteiger partial charge in [-0.2, -0.15) is 0 Å². The molecule has 0 aliphatic rings. The van der Waals surface area contributed by atoms with Crippen molar-refractivity contribution in [3.8, 4) is 17.2 Å². The van der Waals surface area contributed by atoms with Crippen LogP contribution in [-0.4, -0.2) is 20.6 Å². The largest absolute Gasteiger partial charge is 0.573 e. The van der Waals surface area contributed by atoms with Crippen LogP contribution in [0.15, 0.2) is 40.9 Å². The topological polar surface area (TPSA) is 53.7 Å². The minimum atomic E-state index is -4.73. The van der Waals surface area contributed by atoms with Crippen molar-refractivity contribution in [1.82, 2.24) is 0 Å². The van der Waals surface area contributed by atoms with E-state index in [1.807, 2.05) is 0 Å². The molecular weight excluding hydrogens is 427 g/mol. The van der Waals surface area contributed by atoms with Crippen LogP contribution < -0.4 is 19.9 Å². The maximum atomic E-state index is 12.2. The normalized spacial score (nSPS) is 12.1. The van der Waals surface area contributed by atoms with E-state index in [1.165, 1.54) is 38.5 Å². The average Bonchev–Trinajstić information content (AvgIpc) is 2.53. The van der Waals surface area contributed by atoms with E-state index in [9.17, 15) is 13.2 Å². The van der Waals surface area contributed by atoms with Crippen molar-refractivity contribution >= 4 is 28.3 Å². The highest BCUT2D eigenvalue weighted by molar-refractivity contribution is 9.10. The third-order valence-corrected chi connectivity index (χ3v) is 4.00. The van der Waals surface area contributed by atoms with Crippen molar-refractivity contribution in [2.45, 2.75) is 12.4 Å². The van der Waals surface area contributed by atoms with Gasteiger partial charge in [-0.3, -0.25) is 0 Å². The zero-order chi connectivity index (χ0) is 17.9. The summed E-state index contributed by atoms with van der Waals surface area (Å²) in [4.78, 5) is 0. The quantitative estimate of drug-likeness (QED) is 0.720. The van der Waals surface area contributed by atoms with Gasteiger partial charge in [0, 0.05) is 4.47 Å². The minimum Gasteiger partial charge on any atom is -0.493 e. The molecule has 0 aliphatic carbocycles. The molecule has 0 radical (unpaired) electrons. The third-order valence-electron chi connectivity index (χ3n) is 3.31. The van der Waals surface area contributed by atoms with Gasteiger partial charge in [-0.15, -0.1) is 25.6 Å². The van der Waals surface area contributed by atoms with Crippen LogP contribution in [0.3, 0.4) is 0 Å². The van der Waals surface area contributed by atoms with Gasteiger partial charge >= 0.3 is 6.36 Å². The summed E-state index contributed by atoms with van der Waals surface area (Å²) in [7, 11) is 3.02. The van der Waals surface area contributed by atoms with Gasteiger partial charge in [-0.1, -0.05) is 28.1 Å². The predicted octanol–water partition coefficient (Wildman–Crippen LogP) is 4.83. The lowest BCUT2D eigenvalue weighted by molar-refractivity contribution is -0.274. The Morgan fingerprint density at radius 2 is 1.52 bits per heavy atom. The van der Waals surface area contributed by atoms with Gasteiger partial charge in [0.1, 0.15) is 5.75 Å². The molecule has 4 nitrogen and oxygen atoms in total. The lowest BCUT2D eigenvalue weighted by atomic mass is 9.99. The fourth-order valence-corrected chi connectivity index (χ4v) is 2.73. The zero-order valence-electron chi connectivity index (χ0n) is 13.3. The Morgan fingerprint density at radius 3 is 2.00 bits per heavy atom. The summed E-state index contributed by atoms with van der Waals surface area (Å²) in [6.45, 7) is 0. The molecule has 0 amide bonds. The van der Waals surface area contributed by atoms with Gasteiger partial charge in [0.2, 0.25) is 0 Å². The highest BCUT2D eigenvalue weighted by atomic mass is 79.9. The summed E-state index contributed by atoms with van der Waals surface area (Å²) < 4.78 is 51.6. The second kappa shape index (κ2) is 8.64. The SMILES string of the molecule is COc1cc(Br)c([C@@H](N)c2ccc(OC(F)(F)F)cc2)cc1OC.Cl. The van der Waals surface area contributed by atoms with E-state index in [1.54, 1.807) is 12.1 Å². The molecule has 0 unspecified atom stereocenters. The maximum absolute atomic E-state index is 12.2. The number of nitrogens with two attached hydrogens (primary N) is 1. The number of rotatable bonds is 5. The van der Waals surface area contributed by atoms with E-state index in [0.29, 0.717) is 27.1 Å².